The minimum atomic E-state index is -0.488. The van der Waals surface area contributed by atoms with Gasteiger partial charge in [0.2, 0.25) is 0 Å². The zero-order valence-corrected chi connectivity index (χ0v) is 16.8. The molecule has 29 heavy (non-hydrogen) atoms. The van der Waals surface area contributed by atoms with Gasteiger partial charge in [-0.1, -0.05) is 41.9 Å². The van der Waals surface area contributed by atoms with Gasteiger partial charge in [0.15, 0.2) is 0 Å². The molecule has 0 aliphatic carbocycles. The zero-order valence-electron chi connectivity index (χ0n) is 15.3. The molecule has 9 heteroatoms. The van der Waals surface area contributed by atoms with Crippen LogP contribution in [0.2, 0.25) is 5.02 Å². The van der Waals surface area contributed by atoms with Crippen molar-refractivity contribution in [3.63, 3.8) is 0 Å². The number of halogens is 1. The second-order valence-electron chi connectivity index (χ2n) is 5.83. The molecule has 3 rings (SSSR count). The molecule has 0 spiro atoms. The molecule has 2 aromatic carbocycles. The third-order valence-electron chi connectivity index (χ3n) is 3.89. The van der Waals surface area contributed by atoms with Gasteiger partial charge < -0.3 is 10.1 Å². The minimum Gasteiger partial charge on any atom is -0.465 e. The summed E-state index contributed by atoms with van der Waals surface area (Å²) in [6.45, 7) is -0.248. The summed E-state index contributed by atoms with van der Waals surface area (Å²) in [5.74, 6) is -1.34. The summed E-state index contributed by atoms with van der Waals surface area (Å²) in [5.41, 5.74) is 3.42. The molecular formula is C20H16ClN3O4S. The third kappa shape index (κ3) is 4.98. The molecule has 0 radical (unpaired) electrons. The van der Waals surface area contributed by atoms with Crippen LogP contribution in [0.1, 0.15) is 25.6 Å². The number of rotatable bonds is 6. The Morgan fingerprint density at radius 3 is 2.55 bits per heavy atom. The molecule has 0 aliphatic rings. The smallest absolute Gasteiger partial charge is 0.337 e. The van der Waals surface area contributed by atoms with E-state index >= 15 is 0 Å². The molecule has 0 aliphatic heterocycles. The van der Waals surface area contributed by atoms with Crippen molar-refractivity contribution >= 4 is 57.0 Å². The molecular weight excluding hydrogens is 414 g/mol. The van der Waals surface area contributed by atoms with Crippen molar-refractivity contribution < 1.29 is 19.1 Å². The lowest BCUT2D eigenvalue weighted by molar-refractivity contribution is -0.120. The Hall–Kier alpha value is -3.23. The van der Waals surface area contributed by atoms with Crippen LogP contribution in [0.25, 0.3) is 10.1 Å². The standard InChI is InChI=1S/C20H16ClN3O4S/c1-28-20(27)13-8-6-12(7-9-13)10-23-24-16(25)11-22-19(26)18-17(21)14-4-2-3-5-15(14)29-18/h2-10H,11H2,1H3,(H,22,26)(H,24,25). The van der Waals surface area contributed by atoms with Crippen LogP contribution in [-0.4, -0.2) is 37.7 Å². The molecule has 148 valence electrons. The van der Waals surface area contributed by atoms with Gasteiger partial charge >= 0.3 is 5.97 Å². The fourth-order valence-corrected chi connectivity index (χ4v) is 3.88. The quantitative estimate of drug-likeness (QED) is 0.357. The maximum atomic E-state index is 12.3. The molecule has 0 saturated heterocycles. The maximum absolute atomic E-state index is 12.3. The average molecular weight is 430 g/mol. The van der Waals surface area contributed by atoms with Crippen molar-refractivity contribution in [2.75, 3.05) is 13.7 Å². The van der Waals surface area contributed by atoms with Gasteiger partial charge in [-0.05, 0) is 23.8 Å². The highest BCUT2D eigenvalue weighted by Crippen LogP contribution is 2.34. The predicted molar refractivity (Wildman–Crippen MR) is 113 cm³/mol. The molecule has 0 atom stereocenters. The second-order valence-corrected chi connectivity index (χ2v) is 7.26. The monoisotopic (exact) mass is 429 g/mol. The molecule has 0 fully saturated rings. The van der Waals surface area contributed by atoms with Crippen LogP contribution in [0.15, 0.2) is 53.6 Å². The third-order valence-corrected chi connectivity index (χ3v) is 5.56. The topological polar surface area (TPSA) is 96.9 Å². The largest absolute Gasteiger partial charge is 0.465 e. The lowest BCUT2D eigenvalue weighted by Gasteiger charge is -2.03. The highest BCUT2D eigenvalue weighted by atomic mass is 35.5. The SMILES string of the molecule is COC(=O)c1ccc(C=NNC(=O)CNC(=O)c2sc3ccccc3c2Cl)cc1. The Kier molecular flexibility index (Phi) is 6.58. The van der Waals surface area contributed by atoms with Crippen molar-refractivity contribution in [2.24, 2.45) is 5.10 Å². The number of benzene rings is 2. The Labute approximate surface area is 175 Å². The number of hydrogen-bond acceptors (Lipinski definition) is 6. The number of esters is 1. The summed E-state index contributed by atoms with van der Waals surface area (Å²) in [5, 5.41) is 7.52. The van der Waals surface area contributed by atoms with E-state index in [0.29, 0.717) is 21.0 Å². The molecule has 3 aromatic rings. The Morgan fingerprint density at radius 1 is 1.14 bits per heavy atom. The van der Waals surface area contributed by atoms with E-state index in [1.54, 1.807) is 24.3 Å². The maximum Gasteiger partial charge on any atom is 0.337 e. The number of nitrogens with zero attached hydrogens (tertiary/aromatic N) is 1. The number of hydrazone groups is 1. The van der Waals surface area contributed by atoms with Crippen LogP contribution < -0.4 is 10.7 Å². The molecule has 2 amide bonds. The van der Waals surface area contributed by atoms with Crippen LogP contribution in [0.4, 0.5) is 0 Å². The van der Waals surface area contributed by atoms with Crippen molar-refractivity contribution in [1.82, 2.24) is 10.7 Å². The molecule has 1 heterocycles. The summed E-state index contributed by atoms with van der Waals surface area (Å²) in [7, 11) is 1.31. The number of hydrogen-bond donors (Lipinski definition) is 2. The Bertz CT molecular complexity index is 1090. The van der Waals surface area contributed by atoms with Gasteiger partial charge in [-0.15, -0.1) is 11.3 Å². The van der Waals surface area contributed by atoms with Crippen molar-refractivity contribution in [2.45, 2.75) is 0 Å². The summed E-state index contributed by atoms with van der Waals surface area (Å²) in [4.78, 5) is 35.9. The summed E-state index contributed by atoms with van der Waals surface area (Å²) in [6.07, 6.45) is 1.42. The van der Waals surface area contributed by atoms with Crippen molar-refractivity contribution in [3.05, 3.63) is 69.6 Å². The number of amides is 2. The Morgan fingerprint density at radius 2 is 1.86 bits per heavy atom. The number of ether oxygens (including phenoxy) is 1. The van der Waals surface area contributed by atoms with Crippen LogP contribution >= 0.6 is 22.9 Å². The van der Waals surface area contributed by atoms with Crippen LogP contribution in [-0.2, 0) is 9.53 Å². The highest BCUT2D eigenvalue weighted by molar-refractivity contribution is 7.21. The van der Waals surface area contributed by atoms with Crippen molar-refractivity contribution in [1.29, 1.82) is 0 Å². The van der Waals surface area contributed by atoms with E-state index in [1.165, 1.54) is 24.7 Å². The summed E-state index contributed by atoms with van der Waals surface area (Å²) < 4.78 is 5.52. The van der Waals surface area contributed by atoms with Crippen molar-refractivity contribution in [3.8, 4) is 0 Å². The number of nitrogens with one attached hydrogen (secondary N) is 2. The van der Waals surface area contributed by atoms with E-state index in [2.05, 4.69) is 20.6 Å². The Balaban J connectivity index is 1.51. The van der Waals surface area contributed by atoms with E-state index < -0.39 is 17.8 Å². The van der Waals surface area contributed by atoms with Gasteiger partial charge in [0.1, 0.15) is 4.88 Å². The molecule has 0 unspecified atom stereocenters. The van der Waals surface area contributed by atoms with Gasteiger partial charge in [-0.25, -0.2) is 10.2 Å². The lowest BCUT2D eigenvalue weighted by Crippen LogP contribution is -2.34. The first-order valence-electron chi connectivity index (χ1n) is 8.45. The number of carbonyl (C=O) groups excluding carboxylic acids is 3. The van der Waals surface area contributed by atoms with Gasteiger partial charge in [-0.3, -0.25) is 9.59 Å². The number of fused-ring (bicyclic) bond motifs is 1. The second kappa shape index (κ2) is 9.31. The number of thiophene rings is 1. The number of methoxy groups -OCH3 is 1. The molecule has 0 bridgehead atoms. The normalized spacial score (nSPS) is 10.8. The molecule has 7 nitrogen and oxygen atoms in total. The first-order chi connectivity index (χ1) is 14.0. The summed E-state index contributed by atoms with van der Waals surface area (Å²) >= 11 is 7.52. The van der Waals surface area contributed by atoms with Crippen LogP contribution in [0, 0.1) is 0 Å². The van der Waals surface area contributed by atoms with E-state index in [4.69, 9.17) is 11.6 Å². The first-order valence-corrected chi connectivity index (χ1v) is 9.64. The molecule has 1 aromatic heterocycles. The predicted octanol–water partition coefficient (Wildman–Crippen LogP) is 3.22. The fraction of sp³-hybridized carbons (Fsp3) is 0.100. The lowest BCUT2D eigenvalue weighted by atomic mass is 10.1. The minimum absolute atomic E-state index is 0.248. The zero-order chi connectivity index (χ0) is 20.8. The van der Waals surface area contributed by atoms with E-state index in [0.717, 1.165) is 10.1 Å². The van der Waals surface area contributed by atoms with E-state index in [1.807, 2.05) is 24.3 Å². The van der Waals surface area contributed by atoms with Gasteiger partial charge in [0.05, 0.1) is 30.5 Å². The number of carbonyl (C=O) groups is 3. The first kappa shape index (κ1) is 20.5. The average Bonchev–Trinajstić information content (AvgIpc) is 3.09. The fourth-order valence-electron chi connectivity index (χ4n) is 2.44. The van der Waals surface area contributed by atoms with E-state index in [9.17, 15) is 14.4 Å². The highest BCUT2D eigenvalue weighted by Gasteiger charge is 2.17. The van der Waals surface area contributed by atoms with Gasteiger partial charge in [-0.2, -0.15) is 5.10 Å². The van der Waals surface area contributed by atoms with Crippen LogP contribution in [0.3, 0.4) is 0 Å². The van der Waals surface area contributed by atoms with Gasteiger partial charge in [0.25, 0.3) is 11.8 Å². The van der Waals surface area contributed by atoms with Crippen LogP contribution in [0.5, 0.6) is 0 Å². The van der Waals surface area contributed by atoms with E-state index in [-0.39, 0.29) is 6.54 Å². The van der Waals surface area contributed by atoms with Gasteiger partial charge in [0, 0.05) is 10.1 Å². The molecule has 2 N–H and O–H groups in total. The molecule has 0 saturated carbocycles. The summed E-state index contributed by atoms with van der Waals surface area (Å²) in [6, 6.07) is 13.9.